The number of benzene rings is 2. The molecule has 9 nitrogen and oxygen atoms in total. The van der Waals surface area contributed by atoms with Crippen molar-refractivity contribution in [3.05, 3.63) is 57.8 Å². The first kappa shape index (κ1) is 26.1. The van der Waals surface area contributed by atoms with Gasteiger partial charge in [-0.15, -0.1) is 10.2 Å². The summed E-state index contributed by atoms with van der Waals surface area (Å²) in [6.45, 7) is 6.67. The molecule has 12 heteroatoms. The number of ether oxygens (including phenoxy) is 2. The number of carbonyl (C=O) groups excluding carboxylic acids is 2. The number of amides is 2. The summed E-state index contributed by atoms with van der Waals surface area (Å²) >= 11 is 13.2. The van der Waals surface area contributed by atoms with Crippen molar-refractivity contribution in [1.29, 1.82) is 0 Å². The first-order valence-corrected chi connectivity index (χ1v) is 13.0. The van der Waals surface area contributed by atoms with E-state index in [1.165, 1.54) is 11.8 Å². The molecule has 0 saturated carbocycles. The van der Waals surface area contributed by atoms with Gasteiger partial charge >= 0.3 is 0 Å². The Kier molecular flexibility index (Phi) is 8.28. The zero-order valence-corrected chi connectivity index (χ0v) is 22.2. The van der Waals surface area contributed by atoms with E-state index in [2.05, 4.69) is 20.8 Å². The lowest BCUT2D eigenvalue weighted by Crippen LogP contribution is -2.33. The molecule has 2 aromatic carbocycles. The minimum atomic E-state index is -0.394. The Bertz CT molecular complexity index is 1280. The van der Waals surface area contributed by atoms with Crippen LogP contribution in [0.2, 0.25) is 10.0 Å². The maximum absolute atomic E-state index is 13.0. The molecule has 190 valence electrons. The van der Waals surface area contributed by atoms with Gasteiger partial charge in [-0.3, -0.25) is 9.59 Å². The maximum Gasteiger partial charge on any atom is 0.252 e. The smallest absolute Gasteiger partial charge is 0.252 e. The molecule has 2 amide bonds. The fourth-order valence-electron chi connectivity index (χ4n) is 3.63. The van der Waals surface area contributed by atoms with Crippen molar-refractivity contribution in [2.45, 2.75) is 38.5 Å². The van der Waals surface area contributed by atoms with Gasteiger partial charge in [-0.25, -0.2) is 0 Å². The van der Waals surface area contributed by atoms with Crippen molar-refractivity contribution in [2.24, 2.45) is 5.92 Å². The summed E-state index contributed by atoms with van der Waals surface area (Å²) in [7, 11) is 0. The van der Waals surface area contributed by atoms with Gasteiger partial charge in [0.15, 0.2) is 22.5 Å². The molecule has 1 atom stereocenters. The topological polar surface area (TPSA) is 107 Å². The average molecular weight is 550 g/mol. The summed E-state index contributed by atoms with van der Waals surface area (Å²) in [5.41, 5.74) is 1.01. The highest BCUT2D eigenvalue weighted by Crippen LogP contribution is 2.33. The summed E-state index contributed by atoms with van der Waals surface area (Å²) in [4.78, 5) is 25.5. The van der Waals surface area contributed by atoms with E-state index in [9.17, 15) is 9.59 Å². The van der Waals surface area contributed by atoms with E-state index in [4.69, 9.17) is 32.7 Å². The van der Waals surface area contributed by atoms with Gasteiger partial charge in [0.25, 0.3) is 5.91 Å². The van der Waals surface area contributed by atoms with Gasteiger partial charge in [0.1, 0.15) is 0 Å². The van der Waals surface area contributed by atoms with Gasteiger partial charge in [-0.2, -0.15) is 0 Å². The van der Waals surface area contributed by atoms with Crippen LogP contribution in [0.3, 0.4) is 0 Å². The first-order chi connectivity index (χ1) is 17.3. The van der Waals surface area contributed by atoms with E-state index in [1.54, 1.807) is 36.4 Å². The fraction of sp³-hybridized carbons (Fsp3) is 0.333. The van der Waals surface area contributed by atoms with Gasteiger partial charge in [0.05, 0.1) is 21.8 Å². The number of halogens is 2. The number of hydrogen-bond acceptors (Lipinski definition) is 7. The molecular formula is C24H25Cl2N5O4S. The molecule has 1 aliphatic rings. The van der Waals surface area contributed by atoms with E-state index < -0.39 is 6.04 Å². The van der Waals surface area contributed by atoms with E-state index in [1.807, 2.05) is 25.3 Å². The lowest BCUT2D eigenvalue weighted by Gasteiger charge is -2.22. The highest BCUT2D eigenvalue weighted by molar-refractivity contribution is 7.99. The van der Waals surface area contributed by atoms with Crippen molar-refractivity contribution in [1.82, 2.24) is 20.1 Å². The highest BCUT2D eigenvalue weighted by Gasteiger charge is 2.27. The van der Waals surface area contributed by atoms with E-state index in [-0.39, 0.29) is 30.3 Å². The Morgan fingerprint density at radius 1 is 1.08 bits per heavy atom. The zero-order valence-electron chi connectivity index (χ0n) is 19.9. The van der Waals surface area contributed by atoms with Crippen LogP contribution in [0, 0.1) is 5.92 Å². The van der Waals surface area contributed by atoms with Crippen LogP contribution in [-0.4, -0.2) is 39.1 Å². The van der Waals surface area contributed by atoms with Gasteiger partial charge < -0.3 is 24.7 Å². The third kappa shape index (κ3) is 5.88. The number of fused-ring (bicyclic) bond motifs is 1. The van der Waals surface area contributed by atoms with Crippen LogP contribution in [0.15, 0.2) is 41.6 Å². The van der Waals surface area contributed by atoms with E-state index in [0.29, 0.717) is 50.3 Å². The molecular weight excluding hydrogens is 525 g/mol. The Morgan fingerprint density at radius 2 is 1.86 bits per heavy atom. The van der Waals surface area contributed by atoms with Crippen LogP contribution in [0.5, 0.6) is 11.5 Å². The van der Waals surface area contributed by atoms with Crippen molar-refractivity contribution >= 4 is 52.5 Å². The van der Waals surface area contributed by atoms with E-state index in [0.717, 1.165) is 0 Å². The van der Waals surface area contributed by atoms with E-state index >= 15 is 0 Å². The summed E-state index contributed by atoms with van der Waals surface area (Å²) in [6, 6.07) is 9.57. The second-order valence-electron chi connectivity index (χ2n) is 8.31. The minimum absolute atomic E-state index is 0.0354. The average Bonchev–Trinajstić information content (AvgIpc) is 3.49. The van der Waals surface area contributed by atoms with Crippen LogP contribution in [0.1, 0.15) is 43.0 Å². The minimum Gasteiger partial charge on any atom is -0.454 e. The van der Waals surface area contributed by atoms with Gasteiger partial charge in [-0.05, 0) is 49.2 Å². The quantitative estimate of drug-likeness (QED) is 0.353. The van der Waals surface area contributed by atoms with Gasteiger partial charge in [0.2, 0.25) is 12.7 Å². The summed E-state index contributed by atoms with van der Waals surface area (Å²) in [5.74, 6) is 1.45. The number of carbonyl (C=O) groups is 2. The second kappa shape index (κ2) is 11.4. The Morgan fingerprint density at radius 3 is 2.58 bits per heavy atom. The molecule has 0 bridgehead atoms. The number of aromatic nitrogens is 3. The van der Waals surface area contributed by atoms with Crippen LogP contribution in [0.25, 0.3) is 0 Å². The zero-order chi connectivity index (χ0) is 25.8. The Hall–Kier alpha value is -2.95. The standard InChI is InChI=1S/C24H25Cl2N5O4S/c1-4-31-22(21(13(2)3)28-23(33)14-5-8-18-19(9-14)35-12-34-18)29-30-24(31)36-11-20(32)27-15-6-7-16(25)17(26)10-15/h5-10,13,21H,4,11-12H2,1-3H3,(H,27,32)(H,28,33). The predicted octanol–water partition coefficient (Wildman–Crippen LogP) is 5.19. The van der Waals surface area contributed by atoms with Crippen molar-refractivity contribution < 1.29 is 19.1 Å². The lowest BCUT2D eigenvalue weighted by molar-refractivity contribution is -0.113. The molecule has 2 heterocycles. The summed E-state index contributed by atoms with van der Waals surface area (Å²) < 4.78 is 12.6. The normalized spacial score (nSPS) is 13.1. The molecule has 0 saturated heterocycles. The number of rotatable bonds is 9. The molecule has 36 heavy (non-hydrogen) atoms. The Balaban J connectivity index is 1.44. The van der Waals surface area contributed by atoms with Gasteiger partial charge in [0, 0.05) is 17.8 Å². The summed E-state index contributed by atoms with van der Waals surface area (Å²) in [5, 5.41) is 15.9. The molecule has 0 fully saturated rings. The molecule has 3 aromatic rings. The maximum atomic E-state index is 13.0. The number of nitrogens with zero attached hydrogens (tertiary/aromatic N) is 3. The molecule has 1 aromatic heterocycles. The third-order valence-electron chi connectivity index (χ3n) is 5.46. The monoisotopic (exact) mass is 549 g/mol. The second-order valence-corrected chi connectivity index (χ2v) is 10.1. The molecule has 0 aliphatic carbocycles. The largest absolute Gasteiger partial charge is 0.454 e. The molecule has 1 aliphatic heterocycles. The first-order valence-electron chi connectivity index (χ1n) is 11.3. The third-order valence-corrected chi connectivity index (χ3v) is 7.17. The lowest BCUT2D eigenvalue weighted by atomic mass is 10.0. The molecule has 4 rings (SSSR count). The molecule has 0 spiro atoms. The van der Waals surface area contributed by atoms with Gasteiger partial charge in [-0.1, -0.05) is 48.8 Å². The van der Waals surface area contributed by atoms with Crippen LogP contribution < -0.4 is 20.1 Å². The SMILES string of the molecule is CCn1c(SCC(=O)Nc2ccc(Cl)c(Cl)c2)nnc1C(NC(=O)c1ccc2c(c1)OCO2)C(C)C. The summed E-state index contributed by atoms with van der Waals surface area (Å²) in [6.07, 6.45) is 0. The number of nitrogens with one attached hydrogen (secondary N) is 2. The van der Waals surface area contributed by atoms with Crippen LogP contribution in [0.4, 0.5) is 5.69 Å². The molecule has 1 unspecified atom stereocenters. The molecule has 0 radical (unpaired) electrons. The predicted molar refractivity (Wildman–Crippen MR) is 139 cm³/mol. The van der Waals surface area contributed by atoms with Crippen LogP contribution >= 0.6 is 35.0 Å². The molecule has 2 N–H and O–H groups in total. The number of anilines is 1. The fourth-order valence-corrected chi connectivity index (χ4v) is 4.73. The highest BCUT2D eigenvalue weighted by atomic mass is 35.5. The number of thioether (sulfide) groups is 1. The van der Waals surface area contributed by atoms with Crippen LogP contribution in [-0.2, 0) is 11.3 Å². The van der Waals surface area contributed by atoms with Crippen molar-refractivity contribution in [3.8, 4) is 11.5 Å². The van der Waals surface area contributed by atoms with Crippen molar-refractivity contribution in [2.75, 3.05) is 17.9 Å². The Labute approximate surface area is 222 Å². The van der Waals surface area contributed by atoms with Crippen molar-refractivity contribution in [3.63, 3.8) is 0 Å². The number of hydrogen-bond donors (Lipinski definition) is 2.